The third kappa shape index (κ3) is 6.31. The van der Waals surface area contributed by atoms with Crippen molar-refractivity contribution >= 4 is 28.8 Å². The molecule has 1 saturated carbocycles. The number of carbonyl (C=O) groups excluding carboxylic acids is 3. The van der Waals surface area contributed by atoms with E-state index in [0.717, 1.165) is 0 Å². The van der Waals surface area contributed by atoms with E-state index in [1.807, 2.05) is 0 Å². The van der Waals surface area contributed by atoms with Crippen molar-refractivity contribution in [2.45, 2.75) is 103 Å². The van der Waals surface area contributed by atoms with Crippen molar-refractivity contribution in [2.75, 3.05) is 13.7 Å². The van der Waals surface area contributed by atoms with Crippen LogP contribution in [0.2, 0.25) is 0 Å². The summed E-state index contributed by atoms with van der Waals surface area (Å²) in [6.45, 7) is 8.03. The fourth-order valence-corrected chi connectivity index (χ4v) is 6.50. The van der Waals surface area contributed by atoms with Crippen molar-refractivity contribution in [3.8, 4) is 11.6 Å². The monoisotopic (exact) mass is 652 g/mol. The second kappa shape index (κ2) is 12.1. The Labute approximate surface area is 264 Å². The summed E-state index contributed by atoms with van der Waals surface area (Å²) in [4.78, 5) is 49.5. The highest BCUT2D eigenvalue weighted by Crippen LogP contribution is 2.49. The number of Topliss-reactive ketones (excluding diaryl/α,β-unsaturated/α-hetero) is 1. The lowest BCUT2D eigenvalue weighted by molar-refractivity contribution is -0.223. The minimum Gasteiger partial charge on any atom is -0.497 e. The van der Waals surface area contributed by atoms with Crippen LogP contribution in [-0.4, -0.2) is 76.5 Å². The molecular formula is C32H40F4N4O6. The number of halogens is 4. The van der Waals surface area contributed by atoms with Gasteiger partial charge in [-0.1, -0.05) is 27.7 Å². The Kier molecular flexibility index (Phi) is 8.88. The molecule has 3 aliphatic rings. The summed E-state index contributed by atoms with van der Waals surface area (Å²) in [5.74, 6) is -11.8. The Morgan fingerprint density at radius 3 is 2.46 bits per heavy atom. The van der Waals surface area contributed by atoms with Gasteiger partial charge in [0, 0.05) is 18.4 Å². The number of benzene rings is 1. The van der Waals surface area contributed by atoms with Crippen LogP contribution in [0.25, 0.3) is 11.0 Å². The molecule has 2 amide bonds. The number of ketones is 1. The average Bonchev–Trinajstić information content (AvgIpc) is 3.59. The van der Waals surface area contributed by atoms with Gasteiger partial charge in [0.1, 0.15) is 24.0 Å². The Hall–Kier alpha value is -3.71. The van der Waals surface area contributed by atoms with Gasteiger partial charge in [0.2, 0.25) is 11.8 Å². The van der Waals surface area contributed by atoms with Crippen LogP contribution in [0.1, 0.15) is 72.4 Å². The van der Waals surface area contributed by atoms with Crippen molar-refractivity contribution in [3.63, 3.8) is 0 Å². The molecule has 1 N–H and O–H groups in total. The van der Waals surface area contributed by atoms with E-state index in [0.29, 0.717) is 12.2 Å². The first kappa shape index (κ1) is 33.6. The average molecular weight is 653 g/mol. The number of nitrogens with one attached hydrogen (secondary N) is 1. The number of hydrogen-bond acceptors (Lipinski definition) is 8. The number of ether oxygens (including phenoxy) is 3. The number of hydrogen-bond donors (Lipinski definition) is 1. The summed E-state index contributed by atoms with van der Waals surface area (Å²) in [6.07, 6.45) is -3.16. The van der Waals surface area contributed by atoms with Gasteiger partial charge in [0.15, 0.2) is 11.5 Å². The molecule has 3 heterocycles. The highest BCUT2D eigenvalue weighted by molar-refractivity contribution is 5.92. The number of fused-ring (bicyclic) bond motifs is 5. The molecule has 2 fully saturated rings. The van der Waals surface area contributed by atoms with Crippen molar-refractivity contribution in [2.24, 2.45) is 17.3 Å². The largest absolute Gasteiger partial charge is 0.497 e. The molecule has 5 rings (SSSR count). The van der Waals surface area contributed by atoms with Crippen LogP contribution in [0.15, 0.2) is 18.2 Å². The van der Waals surface area contributed by atoms with Gasteiger partial charge in [-0.05, 0) is 56.1 Å². The van der Waals surface area contributed by atoms with Crippen molar-refractivity contribution in [3.05, 3.63) is 23.9 Å². The van der Waals surface area contributed by atoms with Gasteiger partial charge in [0.05, 0.1) is 30.7 Å². The standard InChI is InChI=1S/C32H40F4N4O6/c1-7-19-23-15-40(24(19)16(2)41)28(42)26(30(3,4)5)39-29(43)46-22-13-17(22)9-8-12-31(33,34)32(35,36)25-27(45-23)38-21-14-18(44-6)10-11-20(21)37-25/h10-11,14,17,19,22-24,26H,7-9,12-13,15H2,1-6H3,(H,39,43)/t17-,19-,22-,23+,24-,26-/m1/s1. The minimum absolute atomic E-state index is 0.0664. The third-order valence-corrected chi connectivity index (χ3v) is 9.18. The summed E-state index contributed by atoms with van der Waals surface area (Å²) < 4.78 is 79.5. The van der Waals surface area contributed by atoms with Crippen LogP contribution in [0, 0.1) is 17.3 Å². The number of alkyl carbamates (subject to hydrolysis) is 1. The normalized spacial score (nSPS) is 29.7. The highest BCUT2D eigenvalue weighted by Gasteiger charge is 2.60. The Morgan fingerprint density at radius 2 is 1.83 bits per heavy atom. The number of methoxy groups -OCH3 is 1. The fourth-order valence-electron chi connectivity index (χ4n) is 6.50. The van der Waals surface area contributed by atoms with Gasteiger partial charge in [-0.25, -0.2) is 14.8 Å². The molecule has 1 aliphatic carbocycles. The van der Waals surface area contributed by atoms with Crippen LogP contribution < -0.4 is 14.8 Å². The molecule has 1 aromatic carbocycles. The maximum atomic E-state index is 16.0. The van der Waals surface area contributed by atoms with E-state index in [-0.39, 0.29) is 48.5 Å². The number of rotatable bonds is 3. The minimum atomic E-state index is -4.79. The molecule has 1 aromatic heterocycles. The first-order valence-electron chi connectivity index (χ1n) is 15.5. The van der Waals surface area contributed by atoms with Crippen molar-refractivity contribution in [1.29, 1.82) is 0 Å². The molecule has 46 heavy (non-hydrogen) atoms. The van der Waals surface area contributed by atoms with E-state index in [2.05, 4.69) is 15.3 Å². The predicted molar refractivity (Wildman–Crippen MR) is 158 cm³/mol. The molecule has 2 aliphatic heterocycles. The zero-order valence-electron chi connectivity index (χ0n) is 26.7. The smallest absolute Gasteiger partial charge is 0.408 e. The highest BCUT2D eigenvalue weighted by atomic mass is 19.3. The van der Waals surface area contributed by atoms with Gasteiger partial charge >= 0.3 is 17.9 Å². The van der Waals surface area contributed by atoms with Crippen molar-refractivity contribution in [1.82, 2.24) is 20.2 Å². The summed E-state index contributed by atoms with van der Waals surface area (Å²) in [5.41, 5.74) is -2.15. The number of nitrogens with zero attached hydrogens (tertiary/aromatic N) is 3. The zero-order chi connectivity index (χ0) is 33.8. The molecule has 252 valence electrons. The van der Waals surface area contributed by atoms with E-state index in [1.54, 1.807) is 27.7 Å². The van der Waals surface area contributed by atoms with Gasteiger partial charge in [0.25, 0.3) is 0 Å². The first-order chi connectivity index (χ1) is 21.5. The van der Waals surface area contributed by atoms with E-state index in [9.17, 15) is 14.4 Å². The Balaban J connectivity index is 1.64. The maximum absolute atomic E-state index is 16.0. The Bertz CT molecular complexity index is 1520. The van der Waals surface area contributed by atoms with E-state index in [4.69, 9.17) is 14.2 Å². The zero-order valence-corrected chi connectivity index (χ0v) is 26.7. The molecule has 2 aromatic rings. The molecule has 0 unspecified atom stereocenters. The second-order valence-corrected chi connectivity index (χ2v) is 13.6. The lowest BCUT2D eigenvalue weighted by atomic mass is 9.85. The maximum Gasteiger partial charge on any atom is 0.408 e. The van der Waals surface area contributed by atoms with Gasteiger partial charge in [-0.15, -0.1) is 0 Å². The van der Waals surface area contributed by atoms with Gasteiger partial charge in [-0.2, -0.15) is 17.6 Å². The fraction of sp³-hybridized carbons (Fsp3) is 0.656. The summed E-state index contributed by atoms with van der Waals surface area (Å²) >= 11 is 0. The van der Waals surface area contributed by atoms with E-state index >= 15 is 17.6 Å². The van der Waals surface area contributed by atoms with E-state index in [1.165, 1.54) is 37.1 Å². The summed E-state index contributed by atoms with van der Waals surface area (Å²) in [6, 6.07) is 2.05. The summed E-state index contributed by atoms with van der Waals surface area (Å²) in [5, 5.41) is 2.66. The van der Waals surface area contributed by atoms with Crippen LogP contribution >= 0.6 is 0 Å². The molecule has 6 atom stereocenters. The van der Waals surface area contributed by atoms with Crippen molar-refractivity contribution < 1.29 is 46.2 Å². The van der Waals surface area contributed by atoms with Gasteiger partial charge in [-0.3, -0.25) is 9.59 Å². The van der Waals surface area contributed by atoms with Gasteiger partial charge < -0.3 is 24.4 Å². The van der Waals surface area contributed by atoms with Crippen LogP contribution in [0.3, 0.4) is 0 Å². The molecule has 0 radical (unpaired) electrons. The van der Waals surface area contributed by atoms with E-state index < -0.39 is 77.5 Å². The molecular weight excluding hydrogens is 612 g/mol. The molecule has 14 heteroatoms. The predicted octanol–water partition coefficient (Wildman–Crippen LogP) is 5.65. The van der Waals surface area contributed by atoms with Crippen LogP contribution in [0.5, 0.6) is 11.6 Å². The van der Waals surface area contributed by atoms with Crippen LogP contribution in [0.4, 0.5) is 22.4 Å². The Morgan fingerprint density at radius 1 is 1.11 bits per heavy atom. The third-order valence-electron chi connectivity index (χ3n) is 9.18. The molecule has 1 saturated heterocycles. The first-order valence-corrected chi connectivity index (χ1v) is 15.5. The molecule has 0 spiro atoms. The SMILES string of the molecule is CC[C@@H]1[C@@H]2CN(C(=O)[C@H](C(C)(C)C)NC(=O)O[C@@H]3C[C@H]3CCCC(F)(F)C(F)(F)c3nc4ccc(OC)cc4nc3O2)[C@@H]1C(C)=O. The molecule has 10 nitrogen and oxygen atoms in total. The summed E-state index contributed by atoms with van der Waals surface area (Å²) in [7, 11) is 1.40. The number of carbonyl (C=O) groups is 3. The molecule has 2 bridgehead atoms. The lowest BCUT2D eigenvalue weighted by Gasteiger charge is -2.35. The number of aromatic nitrogens is 2. The number of alkyl halides is 4. The number of amides is 2. The second-order valence-electron chi connectivity index (χ2n) is 13.6. The van der Waals surface area contributed by atoms with Crippen LogP contribution in [-0.2, 0) is 20.2 Å². The lowest BCUT2D eigenvalue weighted by Crippen LogP contribution is -2.57. The quantitative estimate of drug-likeness (QED) is 0.423. The topological polar surface area (TPSA) is 120 Å².